The van der Waals surface area contributed by atoms with Crippen molar-refractivity contribution in [1.29, 1.82) is 0 Å². The van der Waals surface area contributed by atoms with E-state index in [1.807, 2.05) is 18.2 Å². The van der Waals surface area contributed by atoms with Gasteiger partial charge >= 0.3 is 5.89 Å². The Morgan fingerprint density at radius 3 is 2.34 bits per heavy atom. The van der Waals surface area contributed by atoms with Crippen molar-refractivity contribution in [2.24, 2.45) is 0 Å². The second kappa shape index (κ2) is 7.43. The summed E-state index contributed by atoms with van der Waals surface area (Å²) in [4.78, 5) is 2.20. The summed E-state index contributed by atoms with van der Waals surface area (Å²) in [6.45, 7) is 14.5. The molecule has 0 unspecified atom stereocenters. The van der Waals surface area contributed by atoms with Crippen molar-refractivity contribution < 1.29 is 13.7 Å². The van der Waals surface area contributed by atoms with Crippen LogP contribution in [0.4, 0.5) is 5.69 Å². The second-order valence-corrected chi connectivity index (χ2v) is 7.70. The molecule has 0 spiro atoms. The van der Waals surface area contributed by atoms with Gasteiger partial charge in [0.15, 0.2) is 5.75 Å². The highest BCUT2D eigenvalue weighted by atomic mass is 16.5. The van der Waals surface area contributed by atoms with Crippen LogP contribution in [-0.4, -0.2) is 6.54 Å². The predicted octanol–water partition coefficient (Wildman–Crippen LogP) is 5.75. The van der Waals surface area contributed by atoms with E-state index >= 15 is 0 Å². The van der Waals surface area contributed by atoms with E-state index in [0.29, 0.717) is 0 Å². The summed E-state index contributed by atoms with van der Waals surface area (Å²) in [5.41, 5.74) is 8.23. The molecule has 0 saturated heterocycles. The molecule has 4 rings (SSSR count). The van der Waals surface area contributed by atoms with Gasteiger partial charge in [-0.2, -0.15) is 4.57 Å². The highest BCUT2D eigenvalue weighted by molar-refractivity contribution is 5.72. The normalized spacial score (nSPS) is 15.0. The minimum Gasteiger partial charge on any atom is -0.439 e. The maximum Gasteiger partial charge on any atom is 0.374 e. The van der Waals surface area contributed by atoms with E-state index in [-0.39, 0.29) is 0 Å². The number of anilines is 1. The SMILES string of the molecule is CCN1C(=CC=Cc2oc3cc(C)c(C)cc3[n+]2CC)Oc2cc(C)c(C)cc21. The molecule has 4 nitrogen and oxygen atoms in total. The molecule has 2 heterocycles. The van der Waals surface area contributed by atoms with Gasteiger partial charge in [0.1, 0.15) is 6.54 Å². The van der Waals surface area contributed by atoms with E-state index in [1.165, 1.54) is 22.3 Å². The van der Waals surface area contributed by atoms with Gasteiger partial charge in [0.25, 0.3) is 5.52 Å². The zero-order valence-electron chi connectivity index (χ0n) is 18.2. The number of hydrogen-bond donors (Lipinski definition) is 0. The number of allylic oxidation sites excluding steroid dienone is 2. The molecule has 1 aliphatic heterocycles. The average Bonchev–Trinajstić information content (AvgIpc) is 3.19. The average molecular weight is 390 g/mol. The summed E-state index contributed by atoms with van der Waals surface area (Å²) in [6.07, 6.45) is 6.03. The van der Waals surface area contributed by atoms with Gasteiger partial charge in [0.2, 0.25) is 11.5 Å². The smallest absolute Gasteiger partial charge is 0.374 e. The van der Waals surface area contributed by atoms with Crippen LogP contribution in [0.15, 0.2) is 46.7 Å². The Labute approximate surface area is 172 Å². The van der Waals surface area contributed by atoms with Crippen molar-refractivity contribution in [3.63, 3.8) is 0 Å². The summed E-state index contributed by atoms with van der Waals surface area (Å²) < 4.78 is 14.5. The first kappa shape index (κ1) is 19.3. The molecule has 3 aromatic rings. The van der Waals surface area contributed by atoms with Crippen LogP contribution in [0.25, 0.3) is 17.2 Å². The topological polar surface area (TPSA) is 29.5 Å². The van der Waals surface area contributed by atoms with Gasteiger partial charge in [-0.25, -0.2) is 0 Å². The predicted molar refractivity (Wildman–Crippen MR) is 118 cm³/mol. The summed E-state index contributed by atoms with van der Waals surface area (Å²) in [5, 5.41) is 0. The maximum absolute atomic E-state index is 6.13. The molecule has 0 fully saturated rings. The number of benzene rings is 2. The lowest BCUT2D eigenvalue weighted by atomic mass is 10.1. The van der Waals surface area contributed by atoms with Crippen molar-refractivity contribution in [2.75, 3.05) is 11.4 Å². The summed E-state index contributed by atoms with van der Waals surface area (Å²) in [7, 11) is 0. The molecule has 4 heteroatoms. The van der Waals surface area contributed by atoms with Crippen LogP contribution in [0.3, 0.4) is 0 Å². The molecule has 2 aromatic carbocycles. The first-order chi connectivity index (χ1) is 13.9. The molecule has 29 heavy (non-hydrogen) atoms. The van der Waals surface area contributed by atoms with E-state index in [9.17, 15) is 0 Å². The van der Waals surface area contributed by atoms with Gasteiger partial charge in [-0.3, -0.25) is 0 Å². The number of aromatic nitrogens is 1. The fourth-order valence-electron chi connectivity index (χ4n) is 3.82. The van der Waals surface area contributed by atoms with Crippen molar-refractivity contribution in [1.82, 2.24) is 0 Å². The zero-order valence-corrected chi connectivity index (χ0v) is 18.2. The van der Waals surface area contributed by atoms with Crippen LogP contribution in [0, 0.1) is 27.7 Å². The first-order valence-electron chi connectivity index (χ1n) is 10.3. The third-order valence-electron chi connectivity index (χ3n) is 5.80. The van der Waals surface area contributed by atoms with Crippen molar-refractivity contribution >= 4 is 22.9 Å². The first-order valence-corrected chi connectivity index (χ1v) is 10.3. The van der Waals surface area contributed by atoms with Crippen LogP contribution >= 0.6 is 0 Å². The molecule has 150 valence electrons. The lowest BCUT2D eigenvalue weighted by Gasteiger charge is -2.15. The Kier molecular flexibility index (Phi) is 4.95. The Morgan fingerprint density at radius 2 is 1.62 bits per heavy atom. The number of nitrogens with zero attached hydrogens (tertiary/aromatic N) is 2. The van der Waals surface area contributed by atoms with Crippen molar-refractivity contribution in [3.8, 4) is 5.75 Å². The molecule has 0 saturated carbocycles. The molecule has 0 amide bonds. The molecule has 0 N–H and O–H groups in total. The van der Waals surface area contributed by atoms with Gasteiger partial charge in [0.05, 0.1) is 11.8 Å². The van der Waals surface area contributed by atoms with Crippen molar-refractivity contribution in [2.45, 2.75) is 48.1 Å². The molecule has 1 aliphatic rings. The molecule has 0 radical (unpaired) electrons. The van der Waals surface area contributed by atoms with Gasteiger partial charge in [-0.15, -0.1) is 0 Å². The van der Waals surface area contributed by atoms with E-state index in [2.05, 4.69) is 75.3 Å². The number of fused-ring (bicyclic) bond motifs is 2. The summed E-state index contributed by atoms with van der Waals surface area (Å²) in [5.74, 6) is 2.61. The minimum absolute atomic E-state index is 0.842. The monoisotopic (exact) mass is 389 g/mol. The molecule has 0 atom stereocenters. The Bertz CT molecular complexity index is 1150. The summed E-state index contributed by atoms with van der Waals surface area (Å²) >= 11 is 0. The summed E-state index contributed by atoms with van der Waals surface area (Å²) in [6, 6.07) is 8.64. The van der Waals surface area contributed by atoms with E-state index in [0.717, 1.165) is 47.4 Å². The van der Waals surface area contributed by atoms with Gasteiger partial charge in [-0.05, 0) is 94.1 Å². The standard InChI is InChI=1S/C25H29N2O2/c1-7-26-20-12-16(3)18(5)14-22(20)28-24(26)10-9-11-25-27(8-2)21-13-17(4)19(6)15-23(21)29-25/h9-15H,7-8H2,1-6H3/q+1. The highest BCUT2D eigenvalue weighted by Crippen LogP contribution is 2.40. The molecule has 0 bridgehead atoms. The third kappa shape index (κ3) is 3.33. The fraction of sp³-hybridized carbons (Fsp3) is 0.320. The van der Waals surface area contributed by atoms with Crippen LogP contribution in [0.5, 0.6) is 5.75 Å². The van der Waals surface area contributed by atoms with Crippen LogP contribution in [-0.2, 0) is 6.54 Å². The fourth-order valence-corrected chi connectivity index (χ4v) is 3.82. The van der Waals surface area contributed by atoms with E-state index in [4.69, 9.17) is 9.15 Å². The number of rotatable bonds is 4. The molecule has 1 aromatic heterocycles. The van der Waals surface area contributed by atoms with Gasteiger partial charge in [-0.1, -0.05) is 0 Å². The number of aryl methyl sites for hydroxylation is 5. The minimum atomic E-state index is 0.842. The molecule has 0 aliphatic carbocycles. The lowest BCUT2D eigenvalue weighted by Crippen LogP contribution is -2.33. The second-order valence-electron chi connectivity index (χ2n) is 7.70. The quantitative estimate of drug-likeness (QED) is 0.532. The molecular formula is C25H29N2O2+. The largest absolute Gasteiger partial charge is 0.439 e. The van der Waals surface area contributed by atoms with E-state index < -0.39 is 0 Å². The maximum atomic E-state index is 6.13. The van der Waals surface area contributed by atoms with Gasteiger partial charge in [0, 0.05) is 12.6 Å². The number of hydrogen-bond acceptors (Lipinski definition) is 3. The van der Waals surface area contributed by atoms with Crippen LogP contribution in [0.2, 0.25) is 0 Å². The number of ether oxygens (including phenoxy) is 1. The zero-order chi connectivity index (χ0) is 20.7. The third-order valence-corrected chi connectivity index (χ3v) is 5.80. The van der Waals surface area contributed by atoms with Crippen LogP contribution in [0.1, 0.15) is 42.0 Å². The van der Waals surface area contributed by atoms with E-state index in [1.54, 1.807) is 0 Å². The Morgan fingerprint density at radius 1 is 0.931 bits per heavy atom. The van der Waals surface area contributed by atoms with Gasteiger partial charge < -0.3 is 14.1 Å². The highest BCUT2D eigenvalue weighted by Gasteiger charge is 2.25. The Hall–Kier alpha value is -3.01. The van der Waals surface area contributed by atoms with Crippen LogP contribution < -0.4 is 14.2 Å². The lowest BCUT2D eigenvalue weighted by molar-refractivity contribution is -0.674. The number of oxazole rings is 1. The molecular weight excluding hydrogens is 360 g/mol. The van der Waals surface area contributed by atoms with Crippen molar-refractivity contribution in [3.05, 3.63) is 70.4 Å². The Balaban J connectivity index is 1.67.